The number of fused-ring (bicyclic) bond motifs is 1. The number of likely N-dealkylation sites (tertiary alicyclic amines) is 1. The van der Waals surface area contributed by atoms with Crippen molar-refractivity contribution in [2.24, 2.45) is 0 Å². The van der Waals surface area contributed by atoms with Crippen LogP contribution in [0.25, 0.3) is 10.9 Å². The first-order chi connectivity index (χ1) is 15.6. The fourth-order valence-corrected chi connectivity index (χ4v) is 4.34. The third kappa shape index (κ3) is 4.75. The lowest BCUT2D eigenvalue weighted by molar-refractivity contribution is -0.121. The summed E-state index contributed by atoms with van der Waals surface area (Å²) in [6.45, 7) is 2.66. The molecule has 2 heterocycles. The van der Waals surface area contributed by atoms with Gasteiger partial charge in [0.15, 0.2) is 0 Å². The fourth-order valence-electron chi connectivity index (χ4n) is 4.34. The second-order valence-electron chi connectivity index (χ2n) is 8.02. The number of benzene rings is 2. The predicted molar refractivity (Wildman–Crippen MR) is 123 cm³/mol. The van der Waals surface area contributed by atoms with Crippen molar-refractivity contribution in [3.63, 3.8) is 0 Å². The van der Waals surface area contributed by atoms with Gasteiger partial charge in [0.1, 0.15) is 5.75 Å². The molecule has 0 spiro atoms. The Balaban J connectivity index is 1.45. The second-order valence-corrected chi connectivity index (χ2v) is 8.02. The van der Waals surface area contributed by atoms with Gasteiger partial charge in [-0.1, -0.05) is 24.3 Å². The third-order valence-corrected chi connectivity index (χ3v) is 6.02. The van der Waals surface area contributed by atoms with Gasteiger partial charge in [-0.05, 0) is 55.8 Å². The highest BCUT2D eigenvalue weighted by Gasteiger charge is 2.24. The lowest BCUT2D eigenvalue weighted by Gasteiger charge is -2.28. The molecule has 32 heavy (non-hydrogen) atoms. The summed E-state index contributed by atoms with van der Waals surface area (Å²) >= 11 is 0. The number of rotatable bonds is 8. The van der Waals surface area contributed by atoms with Crippen molar-refractivity contribution < 1.29 is 9.53 Å². The van der Waals surface area contributed by atoms with Crippen molar-refractivity contribution in [3.8, 4) is 5.75 Å². The molecule has 1 saturated heterocycles. The van der Waals surface area contributed by atoms with Crippen LogP contribution in [0.3, 0.4) is 0 Å². The molecule has 0 aliphatic carbocycles. The van der Waals surface area contributed by atoms with E-state index in [0.717, 1.165) is 37.2 Å². The van der Waals surface area contributed by atoms with Crippen molar-refractivity contribution >= 4 is 16.8 Å². The minimum Gasteiger partial charge on any atom is -0.497 e. The van der Waals surface area contributed by atoms with Crippen molar-refractivity contribution in [1.82, 2.24) is 19.8 Å². The molecule has 0 saturated carbocycles. The molecule has 2 N–H and O–H groups in total. The largest absolute Gasteiger partial charge is 0.497 e. The lowest BCUT2D eigenvalue weighted by atomic mass is 10.0. The van der Waals surface area contributed by atoms with Gasteiger partial charge in [0.2, 0.25) is 5.91 Å². The van der Waals surface area contributed by atoms with Crippen LogP contribution in [0.5, 0.6) is 5.75 Å². The van der Waals surface area contributed by atoms with Crippen LogP contribution in [0.4, 0.5) is 0 Å². The van der Waals surface area contributed by atoms with Gasteiger partial charge in [-0.15, -0.1) is 0 Å². The van der Waals surface area contributed by atoms with E-state index in [1.165, 1.54) is 4.57 Å². The van der Waals surface area contributed by atoms with E-state index in [-0.39, 0.29) is 24.9 Å². The highest BCUT2D eigenvalue weighted by atomic mass is 16.5. The summed E-state index contributed by atoms with van der Waals surface area (Å²) in [7, 11) is 1.65. The van der Waals surface area contributed by atoms with Gasteiger partial charge in [-0.25, -0.2) is 4.79 Å². The molecular formula is C24H28N4O4. The Labute approximate surface area is 185 Å². The number of aromatic amines is 1. The van der Waals surface area contributed by atoms with Crippen molar-refractivity contribution in [1.29, 1.82) is 0 Å². The van der Waals surface area contributed by atoms with E-state index in [9.17, 15) is 14.4 Å². The molecule has 1 amide bonds. The van der Waals surface area contributed by atoms with Gasteiger partial charge in [0.05, 0.1) is 24.1 Å². The maximum Gasteiger partial charge on any atom is 0.328 e. The zero-order chi connectivity index (χ0) is 22.5. The Hall–Kier alpha value is -3.39. The number of hydrogen-bond donors (Lipinski definition) is 2. The molecule has 4 rings (SSSR count). The third-order valence-electron chi connectivity index (χ3n) is 6.02. The molecular weight excluding hydrogens is 408 g/mol. The molecule has 0 bridgehead atoms. The van der Waals surface area contributed by atoms with Crippen LogP contribution in [-0.4, -0.2) is 47.1 Å². The summed E-state index contributed by atoms with van der Waals surface area (Å²) in [4.78, 5) is 41.7. The number of nitrogens with one attached hydrogen (secondary N) is 2. The molecule has 1 aromatic heterocycles. The highest BCUT2D eigenvalue weighted by Crippen LogP contribution is 2.27. The summed E-state index contributed by atoms with van der Waals surface area (Å²) in [5.41, 5.74) is 0.709. The van der Waals surface area contributed by atoms with E-state index in [1.807, 2.05) is 18.2 Å². The van der Waals surface area contributed by atoms with Gasteiger partial charge in [-0.3, -0.25) is 24.0 Å². The number of methoxy groups -OCH3 is 1. The number of nitrogens with zero attached hydrogens (tertiary/aromatic N) is 2. The van der Waals surface area contributed by atoms with E-state index in [2.05, 4.69) is 21.3 Å². The van der Waals surface area contributed by atoms with Crippen LogP contribution < -0.4 is 21.3 Å². The zero-order valence-electron chi connectivity index (χ0n) is 18.2. The van der Waals surface area contributed by atoms with Crippen LogP contribution in [0, 0.1) is 0 Å². The standard InChI is InChI=1S/C24H28N4O4/c1-32-18-8-6-7-17(15-18)21(27-12-4-5-13-27)16-25-22(29)11-14-28-20-10-3-2-9-19(20)23(30)26-24(28)31/h2-3,6-10,15,21H,4-5,11-14,16H2,1H3,(H,25,29)(H,26,30,31). The topological polar surface area (TPSA) is 96.4 Å². The molecule has 1 fully saturated rings. The maximum atomic E-state index is 12.7. The molecule has 0 radical (unpaired) electrons. The summed E-state index contributed by atoms with van der Waals surface area (Å²) in [6, 6.07) is 14.9. The van der Waals surface area contributed by atoms with Crippen LogP contribution in [0.2, 0.25) is 0 Å². The Morgan fingerprint density at radius 1 is 1.12 bits per heavy atom. The van der Waals surface area contributed by atoms with E-state index in [1.54, 1.807) is 31.4 Å². The van der Waals surface area contributed by atoms with E-state index >= 15 is 0 Å². The Morgan fingerprint density at radius 2 is 1.91 bits per heavy atom. The Morgan fingerprint density at radius 3 is 2.69 bits per heavy atom. The minimum atomic E-state index is -0.507. The van der Waals surface area contributed by atoms with Crippen LogP contribution >= 0.6 is 0 Å². The van der Waals surface area contributed by atoms with Crippen molar-refractivity contribution in [3.05, 3.63) is 74.9 Å². The van der Waals surface area contributed by atoms with Crippen LogP contribution in [0.15, 0.2) is 58.1 Å². The highest BCUT2D eigenvalue weighted by molar-refractivity contribution is 5.78. The van der Waals surface area contributed by atoms with Crippen molar-refractivity contribution in [2.75, 3.05) is 26.7 Å². The van der Waals surface area contributed by atoms with Gasteiger partial charge in [0.25, 0.3) is 5.56 Å². The van der Waals surface area contributed by atoms with Gasteiger partial charge < -0.3 is 10.1 Å². The molecule has 1 unspecified atom stereocenters. The van der Waals surface area contributed by atoms with Gasteiger partial charge in [-0.2, -0.15) is 0 Å². The molecule has 8 heteroatoms. The van der Waals surface area contributed by atoms with Gasteiger partial charge >= 0.3 is 5.69 Å². The molecule has 1 aliphatic heterocycles. The predicted octanol–water partition coefficient (Wildman–Crippen LogP) is 2.04. The second kappa shape index (κ2) is 9.82. The number of aryl methyl sites for hydroxylation is 1. The van der Waals surface area contributed by atoms with E-state index in [0.29, 0.717) is 17.4 Å². The first-order valence-corrected chi connectivity index (χ1v) is 10.9. The maximum absolute atomic E-state index is 12.7. The first-order valence-electron chi connectivity index (χ1n) is 10.9. The monoisotopic (exact) mass is 436 g/mol. The average molecular weight is 437 g/mol. The Kier molecular flexibility index (Phi) is 6.70. The number of H-pyrrole nitrogens is 1. The van der Waals surface area contributed by atoms with Crippen molar-refractivity contribution in [2.45, 2.75) is 31.8 Å². The number of carbonyl (C=O) groups excluding carboxylic acids is 1. The minimum absolute atomic E-state index is 0.0631. The molecule has 3 aromatic rings. The molecule has 1 atom stereocenters. The molecule has 2 aromatic carbocycles. The summed E-state index contributed by atoms with van der Waals surface area (Å²) in [5, 5.41) is 3.47. The number of para-hydroxylation sites is 1. The SMILES string of the molecule is COc1cccc(C(CNC(=O)CCn2c(=O)[nH]c(=O)c3ccccc32)N2CCCC2)c1. The van der Waals surface area contributed by atoms with Crippen LogP contribution in [0.1, 0.15) is 30.9 Å². The number of amides is 1. The average Bonchev–Trinajstić information content (AvgIpc) is 3.34. The summed E-state index contributed by atoms with van der Waals surface area (Å²) in [5.74, 6) is 0.654. The summed E-state index contributed by atoms with van der Waals surface area (Å²) in [6.07, 6.45) is 2.44. The van der Waals surface area contributed by atoms with Gasteiger partial charge in [0, 0.05) is 19.5 Å². The number of aromatic nitrogens is 2. The number of ether oxygens (including phenoxy) is 1. The zero-order valence-corrected chi connectivity index (χ0v) is 18.2. The van der Waals surface area contributed by atoms with E-state index < -0.39 is 11.2 Å². The quantitative estimate of drug-likeness (QED) is 0.563. The smallest absolute Gasteiger partial charge is 0.328 e. The number of carbonyl (C=O) groups is 1. The fraction of sp³-hybridized carbons (Fsp3) is 0.375. The Bertz CT molecular complexity index is 1210. The molecule has 1 aliphatic rings. The first kappa shape index (κ1) is 21.8. The molecule has 8 nitrogen and oxygen atoms in total. The summed E-state index contributed by atoms with van der Waals surface area (Å²) < 4.78 is 6.81. The van der Waals surface area contributed by atoms with Crippen LogP contribution in [-0.2, 0) is 11.3 Å². The molecule has 168 valence electrons. The number of hydrogen-bond acceptors (Lipinski definition) is 5. The lowest BCUT2D eigenvalue weighted by Crippen LogP contribution is -2.37. The van der Waals surface area contributed by atoms with E-state index in [4.69, 9.17) is 4.74 Å². The normalized spacial score (nSPS) is 15.0.